The van der Waals surface area contributed by atoms with Crippen molar-refractivity contribution in [3.05, 3.63) is 61.9 Å². The highest BCUT2D eigenvalue weighted by Crippen LogP contribution is 2.42. The Bertz CT molecular complexity index is 946. The normalized spacial score (nSPS) is 18.0. The fourth-order valence-corrected chi connectivity index (χ4v) is 4.70. The lowest BCUT2D eigenvalue weighted by atomic mass is 9.94. The molecule has 3 heterocycles. The highest BCUT2D eigenvalue weighted by Gasteiger charge is 2.39. The maximum atomic E-state index is 13.6. The number of hydrogen-bond acceptors (Lipinski definition) is 7. The molecule has 154 valence electrons. The summed E-state index contributed by atoms with van der Waals surface area (Å²) in [6, 6.07) is 3.87. The summed E-state index contributed by atoms with van der Waals surface area (Å²) in [6.07, 6.45) is 3.44. The Morgan fingerprint density at radius 1 is 1.45 bits per heavy atom. The van der Waals surface area contributed by atoms with Gasteiger partial charge in [0.1, 0.15) is 11.9 Å². The molecule has 1 unspecified atom stereocenters. The number of aliphatic imine (C=N–C) groups is 1. The summed E-state index contributed by atoms with van der Waals surface area (Å²) in [5.41, 5.74) is 2.18. The molecule has 9 heteroatoms. The zero-order valence-corrected chi connectivity index (χ0v) is 18.5. The topological polar surface area (TPSA) is 75.0 Å². The Labute approximate surface area is 180 Å². The molecule has 2 aliphatic heterocycles. The molecule has 1 saturated heterocycles. The van der Waals surface area contributed by atoms with Crippen LogP contribution < -0.4 is 0 Å². The third-order valence-corrected chi connectivity index (χ3v) is 6.04. The van der Waals surface area contributed by atoms with Crippen molar-refractivity contribution in [3.8, 4) is 0 Å². The predicted octanol–water partition coefficient (Wildman–Crippen LogP) is 4.07. The highest BCUT2D eigenvalue weighted by atomic mass is 79.9. The summed E-state index contributed by atoms with van der Waals surface area (Å²) >= 11 is 4.94. The van der Waals surface area contributed by atoms with Gasteiger partial charge in [-0.1, -0.05) is 22.0 Å². The van der Waals surface area contributed by atoms with Crippen LogP contribution in [0, 0.1) is 5.82 Å². The van der Waals surface area contributed by atoms with Crippen molar-refractivity contribution in [3.63, 3.8) is 0 Å². The maximum Gasteiger partial charge on any atom is 0.338 e. The number of carbonyl (C=O) groups is 1. The Morgan fingerprint density at radius 2 is 2.24 bits per heavy atom. The number of esters is 1. The second-order valence-electron chi connectivity index (χ2n) is 6.19. The average molecular weight is 482 g/mol. The Morgan fingerprint density at radius 3 is 2.90 bits per heavy atom. The lowest BCUT2D eigenvalue weighted by Crippen LogP contribution is -2.35. The predicted molar refractivity (Wildman–Crippen MR) is 113 cm³/mol. The van der Waals surface area contributed by atoms with E-state index in [9.17, 15) is 9.18 Å². The van der Waals surface area contributed by atoms with Gasteiger partial charge in [-0.3, -0.25) is 4.99 Å². The van der Waals surface area contributed by atoms with Crippen LogP contribution in [0.25, 0.3) is 0 Å². The van der Waals surface area contributed by atoms with Crippen molar-refractivity contribution < 1.29 is 19.0 Å². The summed E-state index contributed by atoms with van der Waals surface area (Å²) in [4.78, 5) is 24.2. The number of nitrogens with zero attached hydrogens (tertiary/aromatic N) is 3. The van der Waals surface area contributed by atoms with E-state index >= 15 is 0 Å². The van der Waals surface area contributed by atoms with Crippen molar-refractivity contribution >= 4 is 39.1 Å². The summed E-state index contributed by atoms with van der Waals surface area (Å²) in [7, 11) is 1.00. The van der Waals surface area contributed by atoms with Gasteiger partial charge in [0.15, 0.2) is 10.8 Å². The van der Waals surface area contributed by atoms with E-state index in [4.69, 9.17) is 14.8 Å². The first kappa shape index (κ1) is 21.6. The second kappa shape index (κ2) is 9.60. The van der Waals surface area contributed by atoms with Crippen LogP contribution in [0.1, 0.15) is 36.4 Å². The van der Waals surface area contributed by atoms with Crippen LogP contribution in [0.3, 0.4) is 0 Å². The van der Waals surface area contributed by atoms with Gasteiger partial charge >= 0.3 is 5.97 Å². The number of hydrogen-bond donors (Lipinski definition) is 1. The van der Waals surface area contributed by atoms with Crippen molar-refractivity contribution in [2.45, 2.75) is 25.8 Å². The van der Waals surface area contributed by atoms with Crippen LogP contribution in [0.15, 0.2) is 50.5 Å². The number of ether oxygens (including phenoxy) is 1. The molecule has 0 spiro atoms. The minimum Gasteiger partial charge on any atom is -0.463 e. The molecule has 1 aromatic heterocycles. The first-order chi connectivity index (χ1) is 14.1. The zero-order chi connectivity index (χ0) is 21.0. The standard InChI is InChI=1S/C19H17BrFN3O2S.CH4O/c1-2-26-19(25)15-14-4-3-8-24(14)17(18-22-7-9-27-18)23-16(15)12-6-5-11(21)10-13(12)20;1-2/h5-7,9-10,16H,2-4,8H2,1H3;2H,1H3. The molecule has 0 bridgehead atoms. The number of carbonyl (C=O) groups excluding carboxylic acids is 1. The van der Waals surface area contributed by atoms with Gasteiger partial charge in [0.05, 0.1) is 12.2 Å². The third-order valence-electron chi connectivity index (χ3n) is 4.59. The van der Waals surface area contributed by atoms with Crippen molar-refractivity contribution in [1.82, 2.24) is 9.88 Å². The minimum absolute atomic E-state index is 0.288. The zero-order valence-electron chi connectivity index (χ0n) is 16.1. The number of halogens is 2. The molecular formula is C20H21BrFN3O3S. The maximum absolute atomic E-state index is 13.6. The number of aliphatic hydroxyl groups is 1. The van der Waals surface area contributed by atoms with Gasteiger partial charge in [0, 0.05) is 35.4 Å². The molecule has 0 amide bonds. The second-order valence-corrected chi connectivity index (χ2v) is 7.94. The number of thiazole rings is 1. The first-order valence-corrected chi connectivity index (χ1v) is 10.8. The Balaban J connectivity index is 0.00000117. The van der Waals surface area contributed by atoms with Gasteiger partial charge < -0.3 is 14.7 Å². The molecule has 4 rings (SSSR count). The largest absolute Gasteiger partial charge is 0.463 e. The highest BCUT2D eigenvalue weighted by molar-refractivity contribution is 9.10. The van der Waals surface area contributed by atoms with Crippen LogP contribution in [0.5, 0.6) is 0 Å². The monoisotopic (exact) mass is 481 g/mol. The molecular weight excluding hydrogens is 461 g/mol. The number of rotatable bonds is 4. The van der Waals surface area contributed by atoms with Gasteiger partial charge in [0.2, 0.25) is 0 Å². The minimum atomic E-state index is -0.567. The lowest BCUT2D eigenvalue weighted by Gasteiger charge is -2.31. The molecule has 0 radical (unpaired) electrons. The van der Waals surface area contributed by atoms with Crippen molar-refractivity contribution in [2.75, 3.05) is 20.3 Å². The molecule has 0 aliphatic carbocycles. The van der Waals surface area contributed by atoms with E-state index in [0.717, 1.165) is 48.6 Å². The van der Waals surface area contributed by atoms with E-state index in [0.29, 0.717) is 10.0 Å². The van der Waals surface area contributed by atoms with Gasteiger partial charge in [-0.05, 0) is 37.5 Å². The van der Waals surface area contributed by atoms with E-state index in [1.165, 1.54) is 23.5 Å². The van der Waals surface area contributed by atoms with Crippen LogP contribution >= 0.6 is 27.3 Å². The first-order valence-electron chi connectivity index (χ1n) is 9.15. The SMILES string of the molecule is CCOC(=O)C1=C2CCCN2C(c2nccs2)=NC1c1ccc(F)cc1Br.CO. The fraction of sp³-hybridized carbons (Fsp3) is 0.350. The summed E-state index contributed by atoms with van der Waals surface area (Å²) < 4.78 is 19.5. The third kappa shape index (κ3) is 4.26. The van der Waals surface area contributed by atoms with Gasteiger partial charge in [-0.2, -0.15) is 0 Å². The van der Waals surface area contributed by atoms with Crippen LogP contribution in [-0.2, 0) is 9.53 Å². The number of allylic oxidation sites excluding steroid dienone is 1. The lowest BCUT2D eigenvalue weighted by molar-refractivity contribution is -0.139. The van der Waals surface area contributed by atoms with Crippen LogP contribution in [-0.4, -0.2) is 47.1 Å². The summed E-state index contributed by atoms with van der Waals surface area (Å²) in [6.45, 7) is 2.86. The van der Waals surface area contributed by atoms with E-state index in [2.05, 4.69) is 25.8 Å². The number of amidine groups is 1. The van der Waals surface area contributed by atoms with Crippen LogP contribution in [0.4, 0.5) is 4.39 Å². The number of aliphatic hydroxyl groups excluding tert-OH is 1. The molecule has 2 aliphatic rings. The Kier molecular flexibility index (Phi) is 7.15. The molecule has 1 atom stereocenters. The molecule has 6 nitrogen and oxygen atoms in total. The van der Waals surface area contributed by atoms with Crippen molar-refractivity contribution in [2.24, 2.45) is 4.99 Å². The van der Waals surface area contributed by atoms with Gasteiger partial charge in [-0.15, -0.1) is 11.3 Å². The summed E-state index contributed by atoms with van der Waals surface area (Å²) in [5, 5.41) is 9.71. The molecule has 29 heavy (non-hydrogen) atoms. The van der Waals surface area contributed by atoms with E-state index in [-0.39, 0.29) is 18.4 Å². The fourth-order valence-electron chi connectivity index (χ4n) is 3.49. The molecule has 1 N–H and O–H groups in total. The van der Waals surface area contributed by atoms with E-state index < -0.39 is 6.04 Å². The van der Waals surface area contributed by atoms with Gasteiger partial charge in [-0.25, -0.2) is 14.2 Å². The number of fused-ring (bicyclic) bond motifs is 1. The molecule has 1 aromatic carbocycles. The van der Waals surface area contributed by atoms with Crippen molar-refractivity contribution in [1.29, 1.82) is 0 Å². The molecule has 1 fully saturated rings. The summed E-state index contributed by atoms with van der Waals surface area (Å²) in [5.74, 6) is 0.0349. The van der Waals surface area contributed by atoms with E-state index in [1.54, 1.807) is 19.2 Å². The smallest absolute Gasteiger partial charge is 0.338 e. The quantitative estimate of drug-likeness (QED) is 0.666. The van der Waals surface area contributed by atoms with Gasteiger partial charge in [0.25, 0.3) is 0 Å². The molecule has 0 saturated carbocycles. The average Bonchev–Trinajstić information content (AvgIpc) is 3.41. The van der Waals surface area contributed by atoms with Crippen LogP contribution in [0.2, 0.25) is 0 Å². The van der Waals surface area contributed by atoms with E-state index in [1.807, 2.05) is 5.38 Å². The number of aromatic nitrogens is 1. The Hall–Kier alpha value is -2.10. The molecule has 2 aromatic rings. The number of benzene rings is 1.